The van der Waals surface area contributed by atoms with Crippen LogP contribution in [0.25, 0.3) is 0 Å². The number of hydrogen-bond acceptors (Lipinski definition) is 3. The van der Waals surface area contributed by atoms with Crippen LogP contribution in [0.5, 0.6) is 0 Å². The molecule has 2 atom stereocenters. The second-order valence-corrected chi connectivity index (χ2v) is 3.78. The third-order valence-corrected chi connectivity index (χ3v) is 2.54. The standard InChI is InChI=1S/C9H18N2O/c1-7-4-3-5-11(9(7)10)6-8(2)12/h7,9H,3-6,10H2,1-2H3. The maximum atomic E-state index is 10.9. The fourth-order valence-corrected chi connectivity index (χ4v) is 1.77. The van der Waals surface area contributed by atoms with E-state index in [-0.39, 0.29) is 11.9 Å². The average molecular weight is 170 g/mol. The minimum absolute atomic E-state index is 0.0858. The molecule has 0 radical (unpaired) electrons. The predicted molar refractivity (Wildman–Crippen MR) is 48.6 cm³/mol. The fraction of sp³-hybridized carbons (Fsp3) is 0.889. The van der Waals surface area contributed by atoms with Crippen LogP contribution in [0.4, 0.5) is 0 Å². The highest BCUT2D eigenvalue weighted by Gasteiger charge is 2.25. The number of nitrogens with two attached hydrogens (primary N) is 1. The number of carbonyl (C=O) groups is 1. The Morgan fingerprint density at radius 3 is 2.92 bits per heavy atom. The summed E-state index contributed by atoms with van der Waals surface area (Å²) in [5.74, 6) is 0.734. The minimum atomic E-state index is 0.0858. The van der Waals surface area contributed by atoms with Crippen molar-refractivity contribution in [3.63, 3.8) is 0 Å². The molecule has 1 rings (SSSR count). The number of rotatable bonds is 2. The highest BCUT2D eigenvalue weighted by molar-refractivity contribution is 5.77. The molecule has 3 heteroatoms. The van der Waals surface area contributed by atoms with Crippen LogP contribution in [-0.2, 0) is 4.79 Å². The van der Waals surface area contributed by atoms with Crippen LogP contribution < -0.4 is 5.73 Å². The van der Waals surface area contributed by atoms with Crippen LogP contribution in [0.15, 0.2) is 0 Å². The fourth-order valence-electron chi connectivity index (χ4n) is 1.77. The third-order valence-electron chi connectivity index (χ3n) is 2.54. The van der Waals surface area contributed by atoms with Gasteiger partial charge in [-0.3, -0.25) is 9.69 Å². The lowest BCUT2D eigenvalue weighted by atomic mass is 9.96. The van der Waals surface area contributed by atoms with E-state index in [9.17, 15) is 4.79 Å². The van der Waals surface area contributed by atoms with Gasteiger partial charge in [0.25, 0.3) is 0 Å². The molecule has 1 aliphatic heterocycles. The summed E-state index contributed by atoms with van der Waals surface area (Å²) in [6.07, 6.45) is 2.44. The molecule has 1 fully saturated rings. The first-order valence-electron chi connectivity index (χ1n) is 4.60. The van der Waals surface area contributed by atoms with Crippen LogP contribution in [0.1, 0.15) is 26.7 Å². The van der Waals surface area contributed by atoms with Crippen LogP contribution in [0.2, 0.25) is 0 Å². The lowest BCUT2D eigenvalue weighted by molar-refractivity contribution is -0.119. The van der Waals surface area contributed by atoms with E-state index in [4.69, 9.17) is 5.73 Å². The summed E-state index contributed by atoms with van der Waals surface area (Å²) < 4.78 is 0. The Labute approximate surface area is 73.9 Å². The van der Waals surface area contributed by atoms with E-state index < -0.39 is 0 Å². The first-order chi connectivity index (χ1) is 5.61. The van der Waals surface area contributed by atoms with Gasteiger partial charge in [-0.2, -0.15) is 0 Å². The molecular weight excluding hydrogens is 152 g/mol. The number of piperidine rings is 1. The van der Waals surface area contributed by atoms with E-state index in [2.05, 4.69) is 11.8 Å². The monoisotopic (exact) mass is 170 g/mol. The Hall–Kier alpha value is -0.410. The van der Waals surface area contributed by atoms with Crippen molar-refractivity contribution >= 4 is 5.78 Å². The van der Waals surface area contributed by atoms with Crippen LogP contribution in [0.3, 0.4) is 0 Å². The van der Waals surface area contributed by atoms with Crippen molar-refractivity contribution in [2.45, 2.75) is 32.9 Å². The first-order valence-corrected chi connectivity index (χ1v) is 4.60. The highest BCUT2D eigenvalue weighted by Crippen LogP contribution is 2.19. The summed E-state index contributed by atoms with van der Waals surface area (Å²) in [5.41, 5.74) is 5.94. The van der Waals surface area contributed by atoms with Crippen LogP contribution >= 0.6 is 0 Å². The zero-order valence-corrected chi connectivity index (χ0v) is 7.92. The number of Topliss-reactive ketones (excluding diaryl/α,β-unsaturated/α-hetero) is 1. The molecule has 0 aromatic carbocycles. The van der Waals surface area contributed by atoms with Gasteiger partial charge in [0.1, 0.15) is 5.78 Å². The zero-order valence-electron chi connectivity index (χ0n) is 7.92. The van der Waals surface area contributed by atoms with Gasteiger partial charge in [-0.25, -0.2) is 0 Å². The quantitative estimate of drug-likeness (QED) is 0.660. The summed E-state index contributed by atoms with van der Waals surface area (Å²) in [5, 5.41) is 0. The molecule has 12 heavy (non-hydrogen) atoms. The van der Waals surface area contributed by atoms with Crippen LogP contribution in [-0.4, -0.2) is 29.9 Å². The molecule has 70 valence electrons. The second kappa shape index (κ2) is 4.01. The molecule has 0 amide bonds. The van der Waals surface area contributed by atoms with E-state index in [1.807, 2.05) is 0 Å². The molecule has 3 nitrogen and oxygen atoms in total. The van der Waals surface area contributed by atoms with Gasteiger partial charge >= 0.3 is 0 Å². The van der Waals surface area contributed by atoms with Gasteiger partial charge in [0, 0.05) is 6.54 Å². The van der Waals surface area contributed by atoms with E-state index in [1.54, 1.807) is 6.92 Å². The van der Waals surface area contributed by atoms with Gasteiger partial charge in [0.05, 0.1) is 12.7 Å². The van der Waals surface area contributed by atoms with E-state index in [1.165, 1.54) is 12.8 Å². The Balaban J connectivity index is 2.46. The lowest BCUT2D eigenvalue weighted by Gasteiger charge is -2.36. The highest BCUT2D eigenvalue weighted by atomic mass is 16.1. The molecule has 0 aromatic heterocycles. The first kappa shape index (κ1) is 9.68. The van der Waals surface area contributed by atoms with Gasteiger partial charge in [-0.15, -0.1) is 0 Å². The normalized spacial score (nSPS) is 31.9. The van der Waals surface area contributed by atoms with Gasteiger partial charge in [0.15, 0.2) is 0 Å². The van der Waals surface area contributed by atoms with E-state index >= 15 is 0 Å². The number of likely N-dealkylation sites (tertiary alicyclic amines) is 1. The number of ketones is 1. The van der Waals surface area contributed by atoms with Gasteiger partial charge < -0.3 is 5.73 Å². The van der Waals surface area contributed by atoms with Gasteiger partial charge in [-0.05, 0) is 25.7 Å². The summed E-state index contributed by atoms with van der Waals surface area (Å²) in [4.78, 5) is 12.9. The Morgan fingerprint density at radius 1 is 1.67 bits per heavy atom. The van der Waals surface area contributed by atoms with Crippen molar-refractivity contribution in [3.8, 4) is 0 Å². The molecule has 0 saturated carbocycles. The van der Waals surface area contributed by atoms with Gasteiger partial charge in [0.2, 0.25) is 0 Å². The lowest BCUT2D eigenvalue weighted by Crippen LogP contribution is -2.51. The number of hydrogen-bond donors (Lipinski definition) is 1. The van der Waals surface area contributed by atoms with Crippen molar-refractivity contribution < 1.29 is 4.79 Å². The molecule has 2 N–H and O–H groups in total. The number of carbonyl (C=O) groups excluding carboxylic acids is 1. The largest absolute Gasteiger partial charge is 0.315 e. The van der Waals surface area contributed by atoms with Crippen molar-refractivity contribution in [2.75, 3.05) is 13.1 Å². The molecule has 0 spiro atoms. The van der Waals surface area contributed by atoms with Crippen molar-refractivity contribution in [1.82, 2.24) is 4.90 Å². The summed E-state index contributed by atoms with van der Waals surface area (Å²) in [6, 6.07) is 0. The number of nitrogens with zero attached hydrogens (tertiary/aromatic N) is 1. The topological polar surface area (TPSA) is 46.3 Å². The van der Waals surface area contributed by atoms with Crippen molar-refractivity contribution in [1.29, 1.82) is 0 Å². The average Bonchev–Trinajstić information content (AvgIpc) is 1.98. The molecule has 1 saturated heterocycles. The Bertz CT molecular complexity index is 170. The molecule has 2 unspecified atom stereocenters. The third kappa shape index (κ3) is 2.29. The molecule has 1 aliphatic rings. The molecular formula is C9H18N2O. The maximum Gasteiger partial charge on any atom is 0.143 e. The zero-order chi connectivity index (χ0) is 9.14. The Kier molecular flexibility index (Phi) is 3.23. The maximum absolute atomic E-state index is 10.9. The second-order valence-electron chi connectivity index (χ2n) is 3.78. The van der Waals surface area contributed by atoms with E-state index in [0.29, 0.717) is 12.5 Å². The molecule has 1 heterocycles. The van der Waals surface area contributed by atoms with Crippen LogP contribution in [0, 0.1) is 5.92 Å². The smallest absolute Gasteiger partial charge is 0.143 e. The molecule has 0 aromatic rings. The summed E-state index contributed by atoms with van der Waals surface area (Å²) in [6.45, 7) is 5.26. The minimum Gasteiger partial charge on any atom is -0.315 e. The SMILES string of the molecule is CC(=O)CN1CCCC(C)C1N. The van der Waals surface area contributed by atoms with Gasteiger partial charge in [-0.1, -0.05) is 6.92 Å². The predicted octanol–water partition coefficient (Wildman–Crippen LogP) is 0.592. The van der Waals surface area contributed by atoms with E-state index in [0.717, 1.165) is 6.54 Å². The summed E-state index contributed by atoms with van der Waals surface area (Å²) in [7, 11) is 0. The molecule has 0 aliphatic carbocycles. The van der Waals surface area contributed by atoms with Crippen molar-refractivity contribution in [2.24, 2.45) is 11.7 Å². The Morgan fingerprint density at radius 2 is 2.33 bits per heavy atom. The molecule has 0 bridgehead atoms. The van der Waals surface area contributed by atoms with Crippen molar-refractivity contribution in [3.05, 3.63) is 0 Å². The summed E-state index contributed by atoms with van der Waals surface area (Å²) >= 11 is 0.